The van der Waals surface area contributed by atoms with Crippen molar-refractivity contribution in [2.75, 3.05) is 19.2 Å². The number of amides is 1. The summed E-state index contributed by atoms with van der Waals surface area (Å²) in [6.45, 7) is 2.31. The predicted octanol–water partition coefficient (Wildman–Crippen LogP) is 2.91. The van der Waals surface area contributed by atoms with Crippen LogP contribution in [0.2, 0.25) is 0 Å². The number of carbonyl (C=O) groups excluding carboxylic acids is 2. The van der Waals surface area contributed by atoms with Gasteiger partial charge < -0.3 is 19.5 Å². The van der Waals surface area contributed by atoms with Gasteiger partial charge in [-0.05, 0) is 36.8 Å². The Balaban J connectivity index is 1.66. The molecular formula is C19H18N2O7S. The molecule has 1 amide bonds. The monoisotopic (exact) mass is 418 g/mol. The molecule has 1 N–H and O–H groups in total. The molecule has 0 saturated heterocycles. The summed E-state index contributed by atoms with van der Waals surface area (Å²) in [6, 6.07) is 9.45. The Morgan fingerprint density at radius 2 is 2.00 bits per heavy atom. The highest BCUT2D eigenvalue weighted by molar-refractivity contribution is 8.00. The second-order valence-electron chi connectivity index (χ2n) is 5.90. The van der Waals surface area contributed by atoms with E-state index < -0.39 is 16.8 Å². The van der Waals surface area contributed by atoms with E-state index >= 15 is 0 Å². The summed E-state index contributed by atoms with van der Waals surface area (Å²) in [6.07, 6.45) is 0. The average Bonchev–Trinajstić information content (AvgIpc) is 3.18. The van der Waals surface area contributed by atoms with Gasteiger partial charge in [-0.3, -0.25) is 19.7 Å². The second kappa shape index (κ2) is 9.28. The highest BCUT2D eigenvalue weighted by Gasteiger charge is 2.19. The summed E-state index contributed by atoms with van der Waals surface area (Å²) in [7, 11) is 0. The van der Waals surface area contributed by atoms with E-state index in [2.05, 4.69) is 5.32 Å². The first kappa shape index (κ1) is 20.5. The summed E-state index contributed by atoms with van der Waals surface area (Å²) in [5, 5.41) is 14.1. The number of rotatable bonds is 8. The third kappa shape index (κ3) is 5.17. The van der Waals surface area contributed by atoms with Gasteiger partial charge in [-0.15, -0.1) is 11.8 Å². The molecule has 1 aliphatic rings. The Morgan fingerprint density at radius 1 is 1.21 bits per heavy atom. The van der Waals surface area contributed by atoms with Crippen molar-refractivity contribution in [3.05, 3.63) is 57.6 Å². The van der Waals surface area contributed by atoms with Gasteiger partial charge >= 0.3 is 5.97 Å². The van der Waals surface area contributed by atoms with Gasteiger partial charge in [0, 0.05) is 18.2 Å². The van der Waals surface area contributed by atoms with E-state index in [9.17, 15) is 19.7 Å². The molecule has 3 rings (SSSR count). The molecule has 1 aliphatic heterocycles. The van der Waals surface area contributed by atoms with Gasteiger partial charge in [0.25, 0.3) is 11.6 Å². The van der Waals surface area contributed by atoms with Gasteiger partial charge in [-0.1, -0.05) is 6.07 Å². The van der Waals surface area contributed by atoms with Crippen LogP contribution >= 0.6 is 11.8 Å². The Morgan fingerprint density at radius 3 is 2.76 bits per heavy atom. The molecule has 10 heteroatoms. The van der Waals surface area contributed by atoms with Crippen LogP contribution in [-0.2, 0) is 16.1 Å². The van der Waals surface area contributed by atoms with E-state index in [0.29, 0.717) is 11.5 Å². The predicted molar refractivity (Wildman–Crippen MR) is 104 cm³/mol. The van der Waals surface area contributed by atoms with Crippen LogP contribution in [0, 0.1) is 10.1 Å². The number of hydrogen-bond acceptors (Lipinski definition) is 8. The normalized spacial score (nSPS) is 11.8. The number of carbonyl (C=O) groups is 2. The Hall–Kier alpha value is -3.27. The SMILES string of the molecule is CCOC(=O)CSc1ccc(C(=O)NCc2ccc3c(c2)OCO3)cc1[N+](=O)[O-]. The summed E-state index contributed by atoms with van der Waals surface area (Å²) < 4.78 is 15.4. The van der Waals surface area contributed by atoms with Crippen molar-refractivity contribution in [1.29, 1.82) is 0 Å². The second-order valence-corrected chi connectivity index (χ2v) is 6.92. The van der Waals surface area contributed by atoms with Gasteiger partial charge in [0.2, 0.25) is 6.79 Å². The minimum Gasteiger partial charge on any atom is -0.465 e. The van der Waals surface area contributed by atoms with Crippen molar-refractivity contribution in [2.24, 2.45) is 0 Å². The molecule has 2 aromatic carbocycles. The fourth-order valence-corrected chi connectivity index (χ4v) is 3.40. The van der Waals surface area contributed by atoms with Crippen molar-refractivity contribution in [3.8, 4) is 11.5 Å². The van der Waals surface area contributed by atoms with E-state index in [1.54, 1.807) is 25.1 Å². The number of nitro benzene ring substituents is 1. The third-order valence-corrected chi connectivity index (χ3v) is 4.99. The highest BCUT2D eigenvalue weighted by atomic mass is 32.2. The zero-order chi connectivity index (χ0) is 20.8. The lowest BCUT2D eigenvalue weighted by molar-refractivity contribution is -0.387. The molecule has 1 heterocycles. The number of hydrogen-bond donors (Lipinski definition) is 1. The summed E-state index contributed by atoms with van der Waals surface area (Å²) in [4.78, 5) is 35.0. The van der Waals surface area contributed by atoms with Crippen LogP contribution in [0.3, 0.4) is 0 Å². The van der Waals surface area contributed by atoms with Crippen LogP contribution < -0.4 is 14.8 Å². The van der Waals surface area contributed by atoms with Crippen molar-refractivity contribution in [1.82, 2.24) is 5.32 Å². The van der Waals surface area contributed by atoms with Gasteiger partial charge in [0.05, 0.1) is 22.2 Å². The molecule has 0 radical (unpaired) electrons. The molecule has 0 aliphatic carbocycles. The molecule has 0 saturated carbocycles. The summed E-state index contributed by atoms with van der Waals surface area (Å²) in [5.41, 5.74) is 0.715. The first-order chi connectivity index (χ1) is 14.0. The maximum atomic E-state index is 12.4. The fraction of sp³-hybridized carbons (Fsp3) is 0.263. The number of benzene rings is 2. The summed E-state index contributed by atoms with van der Waals surface area (Å²) in [5.74, 6) is 0.289. The van der Waals surface area contributed by atoms with E-state index in [-0.39, 0.29) is 41.8 Å². The van der Waals surface area contributed by atoms with Crippen molar-refractivity contribution >= 4 is 29.3 Å². The lowest BCUT2D eigenvalue weighted by Crippen LogP contribution is -2.22. The quantitative estimate of drug-likeness (QED) is 0.301. The molecule has 0 unspecified atom stereocenters. The Labute approximate surface area is 170 Å². The Bertz CT molecular complexity index is 948. The lowest BCUT2D eigenvalue weighted by atomic mass is 10.1. The maximum Gasteiger partial charge on any atom is 0.316 e. The van der Waals surface area contributed by atoms with Crippen molar-refractivity contribution in [2.45, 2.75) is 18.4 Å². The molecule has 0 atom stereocenters. The molecule has 0 fully saturated rings. The molecule has 0 spiro atoms. The minimum absolute atomic E-state index is 0.0513. The van der Waals surface area contributed by atoms with Crippen molar-refractivity contribution < 1.29 is 28.7 Å². The van der Waals surface area contributed by atoms with Crippen LogP contribution in [0.15, 0.2) is 41.3 Å². The fourth-order valence-electron chi connectivity index (χ4n) is 2.60. The average molecular weight is 418 g/mol. The number of nitrogens with one attached hydrogen (secondary N) is 1. The van der Waals surface area contributed by atoms with Crippen LogP contribution in [-0.4, -0.2) is 36.0 Å². The lowest BCUT2D eigenvalue weighted by Gasteiger charge is -2.08. The first-order valence-corrected chi connectivity index (χ1v) is 9.70. The van der Waals surface area contributed by atoms with Crippen LogP contribution in [0.1, 0.15) is 22.8 Å². The van der Waals surface area contributed by atoms with E-state index in [4.69, 9.17) is 14.2 Å². The topological polar surface area (TPSA) is 117 Å². The van der Waals surface area contributed by atoms with Gasteiger partial charge in [0.15, 0.2) is 11.5 Å². The maximum absolute atomic E-state index is 12.4. The molecule has 0 aromatic heterocycles. The van der Waals surface area contributed by atoms with E-state index in [0.717, 1.165) is 17.3 Å². The largest absolute Gasteiger partial charge is 0.465 e. The molecule has 29 heavy (non-hydrogen) atoms. The number of ether oxygens (including phenoxy) is 3. The standard InChI is InChI=1S/C19H18N2O7S/c1-2-26-18(22)10-29-17-6-4-13(8-14(17)21(24)25)19(23)20-9-12-3-5-15-16(7-12)28-11-27-15/h3-8H,2,9-11H2,1H3,(H,20,23). The van der Waals surface area contributed by atoms with Crippen molar-refractivity contribution in [3.63, 3.8) is 0 Å². The smallest absolute Gasteiger partial charge is 0.316 e. The van der Waals surface area contributed by atoms with Crippen LogP contribution in [0.5, 0.6) is 11.5 Å². The number of nitrogens with zero attached hydrogens (tertiary/aromatic N) is 1. The molecule has 9 nitrogen and oxygen atoms in total. The molecular weight excluding hydrogens is 400 g/mol. The first-order valence-electron chi connectivity index (χ1n) is 8.71. The zero-order valence-corrected chi connectivity index (χ0v) is 16.3. The van der Waals surface area contributed by atoms with Gasteiger partial charge in [0.1, 0.15) is 0 Å². The number of thioether (sulfide) groups is 1. The molecule has 2 aromatic rings. The Kier molecular flexibility index (Phi) is 6.55. The number of esters is 1. The van der Waals surface area contributed by atoms with Gasteiger partial charge in [-0.25, -0.2) is 0 Å². The molecule has 152 valence electrons. The summed E-state index contributed by atoms with van der Waals surface area (Å²) >= 11 is 0.992. The third-order valence-electron chi connectivity index (χ3n) is 3.96. The van der Waals surface area contributed by atoms with Crippen LogP contribution in [0.4, 0.5) is 5.69 Å². The van der Waals surface area contributed by atoms with Crippen LogP contribution in [0.25, 0.3) is 0 Å². The molecule has 0 bridgehead atoms. The number of nitro groups is 1. The van der Waals surface area contributed by atoms with E-state index in [1.807, 2.05) is 0 Å². The minimum atomic E-state index is -0.581. The number of fused-ring (bicyclic) bond motifs is 1. The van der Waals surface area contributed by atoms with E-state index in [1.165, 1.54) is 18.2 Å². The zero-order valence-electron chi connectivity index (χ0n) is 15.5. The van der Waals surface area contributed by atoms with Gasteiger partial charge in [-0.2, -0.15) is 0 Å². The highest BCUT2D eigenvalue weighted by Crippen LogP contribution is 2.33.